The summed E-state index contributed by atoms with van der Waals surface area (Å²) in [5, 5.41) is 9.34. The molecule has 2 aromatic rings. The highest BCUT2D eigenvalue weighted by Gasteiger charge is 2.16. The molecule has 1 aromatic carbocycles. The van der Waals surface area contributed by atoms with Gasteiger partial charge >= 0.3 is 0 Å². The summed E-state index contributed by atoms with van der Waals surface area (Å²) in [6.45, 7) is 2.09. The van der Waals surface area contributed by atoms with Gasteiger partial charge in [-0.25, -0.2) is 13.1 Å². The zero-order valence-electron chi connectivity index (χ0n) is 11.6. The van der Waals surface area contributed by atoms with Crippen molar-refractivity contribution in [3.8, 4) is 5.75 Å². The van der Waals surface area contributed by atoms with Gasteiger partial charge in [0.05, 0.1) is 22.8 Å². The summed E-state index contributed by atoms with van der Waals surface area (Å²) in [4.78, 5) is 4.19. The largest absolute Gasteiger partial charge is 0.506 e. The minimum absolute atomic E-state index is 0.00628. The molecule has 21 heavy (non-hydrogen) atoms. The van der Waals surface area contributed by atoms with Crippen molar-refractivity contribution in [2.75, 3.05) is 5.73 Å². The molecule has 112 valence electrons. The predicted molar refractivity (Wildman–Crippen MR) is 80.2 cm³/mol. The van der Waals surface area contributed by atoms with Crippen LogP contribution >= 0.6 is 0 Å². The van der Waals surface area contributed by atoms with Crippen LogP contribution in [0.1, 0.15) is 18.2 Å². The average Bonchev–Trinajstić information content (AvgIpc) is 2.48. The second kappa shape index (κ2) is 6.11. The highest BCUT2D eigenvalue weighted by molar-refractivity contribution is 7.89. The third kappa shape index (κ3) is 3.50. The van der Waals surface area contributed by atoms with E-state index in [-0.39, 0.29) is 22.9 Å². The number of nitrogens with two attached hydrogens (primary N) is 1. The third-order valence-electron chi connectivity index (χ3n) is 3.10. The molecule has 0 fully saturated rings. The van der Waals surface area contributed by atoms with Crippen molar-refractivity contribution in [3.05, 3.63) is 47.8 Å². The molecule has 0 saturated carbocycles. The molecule has 6 nitrogen and oxygen atoms in total. The summed E-state index contributed by atoms with van der Waals surface area (Å²) in [5.74, 6) is -0.146. The minimum Gasteiger partial charge on any atom is -0.506 e. The van der Waals surface area contributed by atoms with Crippen LogP contribution in [0.5, 0.6) is 5.75 Å². The van der Waals surface area contributed by atoms with E-state index in [4.69, 9.17) is 5.73 Å². The fourth-order valence-corrected chi connectivity index (χ4v) is 2.92. The Balaban J connectivity index is 2.20. The lowest BCUT2D eigenvalue weighted by Crippen LogP contribution is -2.24. The molecule has 1 aromatic heterocycles. The van der Waals surface area contributed by atoms with Crippen molar-refractivity contribution < 1.29 is 13.5 Å². The van der Waals surface area contributed by atoms with Crippen molar-refractivity contribution in [1.82, 2.24) is 9.71 Å². The summed E-state index contributed by atoms with van der Waals surface area (Å²) in [6.07, 6.45) is 2.40. The Morgan fingerprint density at radius 1 is 1.33 bits per heavy atom. The number of nitrogens with one attached hydrogen (secondary N) is 1. The first-order chi connectivity index (χ1) is 9.94. The van der Waals surface area contributed by atoms with Gasteiger partial charge in [-0.2, -0.15) is 0 Å². The van der Waals surface area contributed by atoms with Crippen LogP contribution in [0.15, 0.2) is 41.4 Å². The minimum atomic E-state index is -3.70. The second-order valence-corrected chi connectivity index (χ2v) is 6.27. The smallest absolute Gasteiger partial charge is 0.241 e. The van der Waals surface area contributed by atoms with E-state index >= 15 is 0 Å². The normalized spacial score (nSPS) is 11.5. The second-order valence-electron chi connectivity index (χ2n) is 4.51. The molecule has 0 aliphatic rings. The maximum atomic E-state index is 12.2. The zero-order valence-corrected chi connectivity index (χ0v) is 12.4. The lowest BCUT2D eigenvalue weighted by Gasteiger charge is -2.10. The predicted octanol–water partition coefficient (Wildman–Crippen LogP) is 1.41. The van der Waals surface area contributed by atoms with Gasteiger partial charge < -0.3 is 10.8 Å². The van der Waals surface area contributed by atoms with E-state index in [0.29, 0.717) is 5.69 Å². The molecule has 0 bridgehead atoms. The number of hydrogen-bond acceptors (Lipinski definition) is 5. The molecule has 0 aliphatic carbocycles. The zero-order chi connectivity index (χ0) is 15.5. The molecule has 0 unspecified atom stereocenters. The summed E-state index contributed by atoms with van der Waals surface area (Å²) in [6, 6.07) is 7.50. The maximum Gasteiger partial charge on any atom is 0.241 e. The van der Waals surface area contributed by atoms with Gasteiger partial charge in [0.15, 0.2) is 0 Å². The van der Waals surface area contributed by atoms with Crippen LogP contribution in [0.25, 0.3) is 0 Å². The highest BCUT2D eigenvalue weighted by atomic mass is 32.2. The molecule has 0 atom stereocenters. The number of nitrogen functional groups attached to an aromatic ring is 1. The first-order valence-corrected chi connectivity index (χ1v) is 7.93. The molecular weight excluding hydrogens is 290 g/mol. The Labute approximate surface area is 123 Å². The number of sulfonamides is 1. The van der Waals surface area contributed by atoms with Gasteiger partial charge in [-0.3, -0.25) is 4.98 Å². The number of anilines is 1. The van der Waals surface area contributed by atoms with Gasteiger partial charge in [0.2, 0.25) is 10.0 Å². The van der Waals surface area contributed by atoms with E-state index in [2.05, 4.69) is 9.71 Å². The van der Waals surface area contributed by atoms with E-state index in [9.17, 15) is 13.5 Å². The average molecular weight is 307 g/mol. The molecule has 7 heteroatoms. The van der Waals surface area contributed by atoms with Crippen LogP contribution in [0.3, 0.4) is 0 Å². The molecule has 0 saturated heterocycles. The van der Waals surface area contributed by atoms with Crippen molar-refractivity contribution in [3.63, 3.8) is 0 Å². The maximum absolute atomic E-state index is 12.2. The number of aromatic hydroxyl groups is 1. The SMILES string of the molecule is CCc1cccnc1CNS(=O)(=O)c1ccc(O)c(N)c1. The number of pyridine rings is 1. The number of aromatic nitrogens is 1. The Hall–Kier alpha value is -2.12. The van der Waals surface area contributed by atoms with E-state index in [1.165, 1.54) is 18.2 Å². The van der Waals surface area contributed by atoms with E-state index < -0.39 is 10.0 Å². The van der Waals surface area contributed by atoms with E-state index in [1.54, 1.807) is 6.20 Å². The quantitative estimate of drug-likeness (QED) is 0.572. The van der Waals surface area contributed by atoms with Gasteiger partial charge in [-0.1, -0.05) is 13.0 Å². The molecule has 4 N–H and O–H groups in total. The number of nitrogens with zero attached hydrogens (tertiary/aromatic N) is 1. The molecule has 0 amide bonds. The van der Waals surface area contributed by atoms with Crippen molar-refractivity contribution in [1.29, 1.82) is 0 Å². The van der Waals surface area contributed by atoms with E-state index in [0.717, 1.165) is 12.0 Å². The monoisotopic (exact) mass is 307 g/mol. The lowest BCUT2D eigenvalue weighted by molar-refractivity contribution is 0.477. The van der Waals surface area contributed by atoms with Gasteiger partial charge in [0, 0.05) is 6.20 Å². The first kappa shape index (κ1) is 15.3. The van der Waals surface area contributed by atoms with Crippen molar-refractivity contribution in [2.45, 2.75) is 24.8 Å². The van der Waals surface area contributed by atoms with Crippen LogP contribution in [0.4, 0.5) is 5.69 Å². The Morgan fingerprint density at radius 2 is 2.10 bits per heavy atom. The molecule has 2 rings (SSSR count). The fourth-order valence-electron chi connectivity index (χ4n) is 1.90. The highest BCUT2D eigenvalue weighted by Crippen LogP contribution is 2.23. The number of benzene rings is 1. The first-order valence-electron chi connectivity index (χ1n) is 6.45. The van der Waals surface area contributed by atoms with Crippen molar-refractivity contribution in [2.24, 2.45) is 0 Å². The molecule has 0 aliphatic heterocycles. The van der Waals surface area contributed by atoms with Gasteiger partial charge in [0.1, 0.15) is 5.75 Å². The van der Waals surface area contributed by atoms with Crippen LogP contribution in [-0.2, 0) is 23.0 Å². The molecule has 0 spiro atoms. The number of aryl methyl sites for hydroxylation is 1. The van der Waals surface area contributed by atoms with Crippen molar-refractivity contribution >= 4 is 15.7 Å². The molecular formula is C14H17N3O3S. The van der Waals surface area contributed by atoms with Crippen LogP contribution in [-0.4, -0.2) is 18.5 Å². The van der Waals surface area contributed by atoms with Gasteiger partial charge in [0.25, 0.3) is 0 Å². The third-order valence-corrected chi connectivity index (χ3v) is 4.50. The lowest BCUT2D eigenvalue weighted by atomic mass is 10.1. The number of phenolic OH excluding ortho intramolecular Hbond substituents is 1. The van der Waals surface area contributed by atoms with Gasteiger partial charge in [-0.05, 0) is 36.2 Å². The Morgan fingerprint density at radius 3 is 2.76 bits per heavy atom. The summed E-state index contributed by atoms with van der Waals surface area (Å²) < 4.78 is 26.9. The van der Waals surface area contributed by atoms with Gasteiger partial charge in [-0.15, -0.1) is 0 Å². The van der Waals surface area contributed by atoms with E-state index in [1.807, 2.05) is 19.1 Å². The number of rotatable bonds is 5. The summed E-state index contributed by atoms with van der Waals surface area (Å²) >= 11 is 0. The molecule has 1 heterocycles. The summed E-state index contributed by atoms with van der Waals surface area (Å²) in [5.41, 5.74) is 7.22. The van der Waals surface area contributed by atoms with Crippen LogP contribution in [0, 0.1) is 0 Å². The standard InChI is InChI=1S/C14H17N3O3S/c1-2-10-4-3-7-16-13(10)9-17-21(19,20)11-5-6-14(18)12(15)8-11/h3-8,17-18H,2,9,15H2,1H3. The number of hydrogen-bond donors (Lipinski definition) is 3. The topological polar surface area (TPSA) is 105 Å². The fraction of sp³-hybridized carbons (Fsp3) is 0.214. The van der Waals surface area contributed by atoms with Crippen LogP contribution < -0.4 is 10.5 Å². The Bertz CT molecular complexity index is 745. The molecule has 0 radical (unpaired) electrons. The van der Waals surface area contributed by atoms with Crippen LogP contribution in [0.2, 0.25) is 0 Å². The summed E-state index contributed by atoms with van der Waals surface area (Å²) in [7, 11) is -3.70. The Kier molecular flexibility index (Phi) is 4.44. The number of phenols is 1.